The fraction of sp³-hybridized carbons (Fsp3) is 0.0909. The Labute approximate surface area is 179 Å². The number of carboxylic acids is 1. The molecule has 0 spiro atoms. The molecule has 1 heterocycles. The molecule has 9 heteroatoms. The molecule has 1 N–H and O–H groups in total. The smallest absolute Gasteiger partial charge is 0.387 e. The van der Waals surface area contributed by atoms with Crippen LogP contribution in [0.1, 0.15) is 16.5 Å². The fourth-order valence-corrected chi connectivity index (χ4v) is 4.39. The van der Waals surface area contributed by atoms with Gasteiger partial charge in [-0.05, 0) is 17.7 Å². The molecule has 1 aliphatic carbocycles. The number of carboxylic acid groups (broad SMARTS) is 1. The molecule has 156 valence electrons. The number of hydrogen-bond acceptors (Lipinski definition) is 5. The van der Waals surface area contributed by atoms with Crippen molar-refractivity contribution < 1.29 is 23.6 Å². The zero-order valence-electron chi connectivity index (χ0n) is 15.7. The SMILES string of the molecule is O=C(O)C1([N+](=O)[O-])C=C(c2nc(-c3cc(F)cc(F)c3)cs2)C=CC1c1ccccc1. The third-order valence-corrected chi connectivity index (χ3v) is 5.92. The number of hydrogen-bond donors (Lipinski definition) is 1. The molecule has 0 amide bonds. The summed E-state index contributed by atoms with van der Waals surface area (Å²) in [6.45, 7) is 0. The van der Waals surface area contributed by atoms with E-state index < -0.39 is 34.0 Å². The highest BCUT2D eigenvalue weighted by molar-refractivity contribution is 7.11. The first-order valence-corrected chi connectivity index (χ1v) is 9.95. The summed E-state index contributed by atoms with van der Waals surface area (Å²) in [6.07, 6.45) is 4.14. The van der Waals surface area contributed by atoms with Gasteiger partial charge >= 0.3 is 11.5 Å². The number of rotatable bonds is 5. The lowest BCUT2D eigenvalue weighted by atomic mass is 9.75. The Hall–Kier alpha value is -3.72. The summed E-state index contributed by atoms with van der Waals surface area (Å²) in [5.74, 6) is -4.14. The second-order valence-corrected chi connectivity index (χ2v) is 7.79. The number of aliphatic carboxylic acids is 1. The lowest BCUT2D eigenvalue weighted by Gasteiger charge is -2.28. The van der Waals surface area contributed by atoms with E-state index >= 15 is 0 Å². The van der Waals surface area contributed by atoms with E-state index in [1.807, 2.05) is 0 Å². The highest BCUT2D eigenvalue weighted by atomic mass is 32.1. The van der Waals surface area contributed by atoms with Crippen LogP contribution in [-0.4, -0.2) is 26.5 Å². The van der Waals surface area contributed by atoms with Crippen LogP contribution in [0.3, 0.4) is 0 Å². The maximum atomic E-state index is 13.5. The van der Waals surface area contributed by atoms with Gasteiger partial charge in [0.1, 0.15) is 16.6 Å². The van der Waals surface area contributed by atoms with Gasteiger partial charge in [0.05, 0.1) is 11.6 Å². The quantitative estimate of drug-likeness (QED) is 0.449. The second-order valence-electron chi connectivity index (χ2n) is 6.93. The Bertz CT molecular complexity index is 1200. The van der Waals surface area contributed by atoms with Crippen LogP contribution in [0.2, 0.25) is 0 Å². The van der Waals surface area contributed by atoms with Crippen LogP contribution in [0.4, 0.5) is 8.78 Å². The van der Waals surface area contributed by atoms with E-state index in [0.717, 1.165) is 35.6 Å². The highest BCUT2D eigenvalue weighted by Crippen LogP contribution is 2.41. The highest BCUT2D eigenvalue weighted by Gasteiger charge is 2.57. The zero-order valence-corrected chi connectivity index (χ0v) is 16.6. The van der Waals surface area contributed by atoms with Gasteiger partial charge in [0.2, 0.25) is 0 Å². The number of halogens is 2. The predicted molar refractivity (Wildman–Crippen MR) is 111 cm³/mol. The minimum atomic E-state index is -2.43. The van der Waals surface area contributed by atoms with Gasteiger partial charge < -0.3 is 5.11 Å². The Kier molecular flexibility index (Phi) is 5.20. The van der Waals surface area contributed by atoms with Crippen LogP contribution in [-0.2, 0) is 4.79 Å². The first kappa shape index (κ1) is 20.5. The average molecular weight is 440 g/mol. The topological polar surface area (TPSA) is 93.3 Å². The van der Waals surface area contributed by atoms with E-state index in [2.05, 4.69) is 4.98 Å². The van der Waals surface area contributed by atoms with E-state index in [1.165, 1.54) is 6.08 Å². The maximum absolute atomic E-state index is 13.5. The molecule has 0 saturated carbocycles. The van der Waals surface area contributed by atoms with Crippen molar-refractivity contribution in [1.82, 2.24) is 4.98 Å². The normalized spacial score (nSPS) is 20.3. The molecule has 0 radical (unpaired) electrons. The summed E-state index contributed by atoms with van der Waals surface area (Å²) in [5.41, 5.74) is -1.20. The van der Waals surface area contributed by atoms with Crippen LogP contribution in [0.25, 0.3) is 16.8 Å². The summed E-state index contributed by atoms with van der Waals surface area (Å²) in [6, 6.07) is 11.3. The molecule has 31 heavy (non-hydrogen) atoms. The van der Waals surface area contributed by atoms with E-state index in [0.29, 0.717) is 10.6 Å². The first-order chi connectivity index (χ1) is 14.8. The number of allylic oxidation sites excluding steroid dienone is 2. The molecule has 2 unspecified atom stereocenters. The van der Waals surface area contributed by atoms with Crippen molar-refractivity contribution >= 4 is 22.9 Å². The fourth-order valence-electron chi connectivity index (χ4n) is 3.56. The molecular formula is C22H14F2N2O4S. The molecule has 4 rings (SSSR count). The minimum Gasteiger partial charge on any atom is -0.476 e. The molecule has 6 nitrogen and oxygen atoms in total. The molecule has 3 aromatic rings. The van der Waals surface area contributed by atoms with Gasteiger partial charge in [-0.25, -0.2) is 18.6 Å². The summed E-state index contributed by atoms with van der Waals surface area (Å²) >= 11 is 1.09. The van der Waals surface area contributed by atoms with Crippen LogP contribution >= 0.6 is 11.3 Å². The van der Waals surface area contributed by atoms with Crippen molar-refractivity contribution in [3.05, 3.63) is 104 Å². The van der Waals surface area contributed by atoms with Gasteiger partial charge in [-0.15, -0.1) is 11.3 Å². The number of benzene rings is 2. The zero-order chi connectivity index (χ0) is 22.2. The van der Waals surface area contributed by atoms with Gasteiger partial charge in [0.15, 0.2) is 0 Å². The van der Waals surface area contributed by atoms with Crippen molar-refractivity contribution in [2.75, 3.05) is 0 Å². The van der Waals surface area contributed by atoms with E-state index in [4.69, 9.17) is 0 Å². The van der Waals surface area contributed by atoms with E-state index in [-0.39, 0.29) is 16.8 Å². The maximum Gasteiger partial charge on any atom is 0.387 e. The lowest BCUT2D eigenvalue weighted by molar-refractivity contribution is -0.543. The van der Waals surface area contributed by atoms with Crippen LogP contribution < -0.4 is 0 Å². The Morgan fingerprint density at radius 1 is 1.16 bits per heavy atom. The van der Waals surface area contributed by atoms with Gasteiger partial charge in [-0.3, -0.25) is 10.1 Å². The van der Waals surface area contributed by atoms with Gasteiger partial charge in [0, 0.05) is 33.6 Å². The van der Waals surface area contributed by atoms with Crippen molar-refractivity contribution in [3.8, 4) is 11.3 Å². The van der Waals surface area contributed by atoms with E-state index in [1.54, 1.807) is 41.8 Å². The number of nitro groups is 1. The second kappa shape index (κ2) is 7.84. The predicted octanol–water partition coefficient (Wildman–Crippen LogP) is 4.93. The monoisotopic (exact) mass is 440 g/mol. The number of nitrogens with zero attached hydrogens (tertiary/aromatic N) is 2. The van der Waals surface area contributed by atoms with Crippen molar-refractivity contribution in [2.45, 2.75) is 11.5 Å². The first-order valence-electron chi connectivity index (χ1n) is 9.07. The van der Waals surface area contributed by atoms with Crippen LogP contribution in [0.15, 0.2) is 72.1 Å². The molecule has 0 fully saturated rings. The molecule has 2 atom stereocenters. The minimum absolute atomic E-state index is 0.210. The molecule has 0 aliphatic heterocycles. The number of thiazole rings is 1. The lowest BCUT2D eigenvalue weighted by Crippen LogP contribution is -2.50. The van der Waals surface area contributed by atoms with Gasteiger partial charge in [-0.2, -0.15) is 0 Å². The third-order valence-electron chi connectivity index (χ3n) is 5.03. The number of carbonyl (C=O) groups is 1. The summed E-state index contributed by atoms with van der Waals surface area (Å²) in [5, 5.41) is 23.8. The summed E-state index contributed by atoms with van der Waals surface area (Å²) in [7, 11) is 0. The van der Waals surface area contributed by atoms with Crippen LogP contribution in [0.5, 0.6) is 0 Å². The number of aromatic nitrogens is 1. The third kappa shape index (κ3) is 3.64. The largest absolute Gasteiger partial charge is 0.476 e. The van der Waals surface area contributed by atoms with Gasteiger partial charge in [-0.1, -0.05) is 42.5 Å². The molecule has 0 saturated heterocycles. The summed E-state index contributed by atoms with van der Waals surface area (Å²) in [4.78, 5) is 27.7. The van der Waals surface area contributed by atoms with Gasteiger partial charge in [0.25, 0.3) is 0 Å². The molecule has 0 bridgehead atoms. The molecule has 1 aliphatic rings. The Balaban J connectivity index is 1.79. The Morgan fingerprint density at radius 3 is 2.45 bits per heavy atom. The molecular weight excluding hydrogens is 426 g/mol. The summed E-state index contributed by atoms with van der Waals surface area (Å²) < 4.78 is 27.1. The molecule has 1 aromatic heterocycles. The van der Waals surface area contributed by atoms with Crippen molar-refractivity contribution in [3.63, 3.8) is 0 Å². The van der Waals surface area contributed by atoms with E-state index in [9.17, 15) is 28.8 Å². The van der Waals surface area contributed by atoms with Crippen LogP contribution in [0, 0.1) is 21.7 Å². The molecule has 2 aromatic carbocycles. The standard InChI is InChI=1S/C22H14F2N2O4S/c23-16-8-15(9-17(24)10-16)19-12-31-20(25-19)14-6-7-18(13-4-2-1-3-5-13)22(11-14,21(27)28)26(29)30/h1-12,18H,(H,27,28). The van der Waals surface area contributed by atoms with Crippen molar-refractivity contribution in [2.24, 2.45) is 0 Å². The average Bonchev–Trinajstić information content (AvgIpc) is 3.23. The van der Waals surface area contributed by atoms with Crippen molar-refractivity contribution in [1.29, 1.82) is 0 Å². The Morgan fingerprint density at radius 2 is 1.84 bits per heavy atom.